The number of ether oxygens (including phenoxy) is 2. The first kappa shape index (κ1) is 20.4. The predicted molar refractivity (Wildman–Crippen MR) is 106 cm³/mol. The minimum absolute atomic E-state index is 0.0824. The van der Waals surface area contributed by atoms with Crippen LogP contribution >= 0.6 is 0 Å². The highest BCUT2D eigenvalue weighted by Gasteiger charge is 2.34. The van der Waals surface area contributed by atoms with Crippen LogP contribution in [0.1, 0.15) is 42.9 Å². The summed E-state index contributed by atoms with van der Waals surface area (Å²) in [6.07, 6.45) is 0.662. The molecule has 0 saturated carbocycles. The first-order valence-electron chi connectivity index (χ1n) is 9.40. The van der Waals surface area contributed by atoms with E-state index >= 15 is 0 Å². The zero-order chi connectivity index (χ0) is 20.8. The van der Waals surface area contributed by atoms with Gasteiger partial charge in [-0.05, 0) is 48.7 Å². The topological polar surface area (TPSA) is 91.3 Å². The number of amides is 1. The molecule has 152 valence electrons. The Morgan fingerprint density at radius 2 is 1.79 bits per heavy atom. The van der Waals surface area contributed by atoms with Crippen molar-refractivity contribution in [2.45, 2.75) is 31.7 Å². The van der Waals surface area contributed by atoms with Gasteiger partial charge < -0.3 is 19.4 Å². The molecule has 7 heteroatoms. The van der Waals surface area contributed by atoms with E-state index in [0.29, 0.717) is 12.2 Å². The number of carboxylic acid groups (broad SMARTS) is 1. The fraction of sp³-hybridized carbons (Fsp3) is 0.318. The zero-order valence-electron chi connectivity index (χ0n) is 16.5. The van der Waals surface area contributed by atoms with Crippen LogP contribution in [0.3, 0.4) is 0 Å². The number of methoxy groups -OCH3 is 2. The molecule has 1 aliphatic heterocycles. The Bertz CT molecular complexity index is 908. The van der Waals surface area contributed by atoms with Crippen molar-refractivity contribution >= 4 is 17.6 Å². The zero-order valence-corrected chi connectivity index (χ0v) is 16.5. The average Bonchev–Trinajstić information content (AvgIpc) is 3.18. The molecule has 0 aliphatic carbocycles. The lowest BCUT2D eigenvalue weighted by Crippen LogP contribution is -2.28. The molecule has 29 heavy (non-hydrogen) atoms. The molecule has 1 heterocycles. The van der Waals surface area contributed by atoms with Gasteiger partial charge in [0.15, 0.2) is 0 Å². The van der Waals surface area contributed by atoms with Crippen LogP contribution in [0.15, 0.2) is 53.6 Å². The molecule has 0 radical (unpaired) electrons. The summed E-state index contributed by atoms with van der Waals surface area (Å²) in [5, 5.41) is 16.7. The average molecular weight is 395 g/mol. The van der Waals surface area contributed by atoms with E-state index in [-0.39, 0.29) is 31.2 Å². The number of carboxylic acids is 1. The third kappa shape index (κ3) is 4.74. The van der Waals surface area contributed by atoms with Gasteiger partial charge in [-0.2, -0.15) is 5.10 Å². The smallest absolute Gasteiger partial charge is 0.243 e. The maximum Gasteiger partial charge on any atom is 0.243 e. The number of carbonyl (C=O) groups is 2. The quantitative estimate of drug-likeness (QED) is 0.684. The number of hydrogen-bond donors (Lipinski definition) is 0. The highest BCUT2D eigenvalue weighted by molar-refractivity contribution is 6.03. The minimum Gasteiger partial charge on any atom is -0.550 e. The molecule has 2 aromatic carbocycles. The van der Waals surface area contributed by atoms with Crippen molar-refractivity contribution in [3.8, 4) is 11.5 Å². The Balaban J connectivity index is 1.89. The lowest BCUT2D eigenvalue weighted by Gasteiger charge is -2.23. The van der Waals surface area contributed by atoms with Gasteiger partial charge in [0.05, 0.1) is 26.0 Å². The number of nitrogens with zero attached hydrogens (tertiary/aromatic N) is 2. The summed E-state index contributed by atoms with van der Waals surface area (Å²) >= 11 is 0. The van der Waals surface area contributed by atoms with E-state index in [1.165, 1.54) is 5.01 Å². The molecule has 0 unspecified atom stereocenters. The number of aliphatic carboxylic acids is 1. The van der Waals surface area contributed by atoms with Gasteiger partial charge in [0, 0.05) is 24.4 Å². The highest BCUT2D eigenvalue weighted by Crippen LogP contribution is 2.38. The van der Waals surface area contributed by atoms with Crippen molar-refractivity contribution in [1.82, 2.24) is 5.01 Å². The fourth-order valence-corrected chi connectivity index (χ4v) is 3.38. The molecule has 2 aromatic rings. The van der Waals surface area contributed by atoms with Crippen LogP contribution in [0.4, 0.5) is 0 Å². The number of para-hydroxylation sites is 1. The third-order valence-electron chi connectivity index (χ3n) is 4.86. The molecule has 0 spiro atoms. The van der Waals surface area contributed by atoms with Crippen molar-refractivity contribution in [3.05, 3.63) is 59.7 Å². The lowest BCUT2D eigenvalue weighted by atomic mass is 9.97. The highest BCUT2D eigenvalue weighted by atomic mass is 16.5. The van der Waals surface area contributed by atoms with Crippen molar-refractivity contribution in [3.63, 3.8) is 0 Å². The standard InChI is InChI=1S/C22H24N2O5/c1-28-16-12-10-15(11-13-16)18-14-19(17-6-3-4-7-20(17)29-2)24(23-18)21(25)8-5-9-22(26)27/h3-4,6-7,10-13,19H,5,8-9,14H2,1-2H3,(H,26,27)/p-1/t19-/m0/s1. The Morgan fingerprint density at radius 3 is 2.45 bits per heavy atom. The Morgan fingerprint density at radius 1 is 1.07 bits per heavy atom. The fourth-order valence-electron chi connectivity index (χ4n) is 3.38. The second-order valence-corrected chi connectivity index (χ2v) is 6.70. The first-order chi connectivity index (χ1) is 14.0. The van der Waals surface area contributed by atoms with Crippen molar-refractivity contribution in [1.29, 1.82) is 0 Å². The van der Waals surface area contributed by atoms with E-state index in [1.807, 2.05) is 48.5 Å². The van der Waals surface area contributed by atoms with Crippen LogP contribution in [0.5, 0.6) is 11.5 Å². The molecule has 7 nitrogen and oxygen atoms in total. The number of rotatable bonds is 8. The van der Waals surface area contributed by atoms with E-state index in [0.717, 1.165) is 22.6 Å². The van der Waals surface area contributed by atoms with Gasteiger partial charge in [0.25, 0.3) is 0 Å². The summed E-state index contributed by atoms with van der Waals surface area (Å²) in [6, 6.07) is 14.7. The summed E-state index contributed by atoms with van der Waals surface area (Å²) in [7, 11) is 3.19. The summed E-state index contributed by atoms with van der Waals surface area (Å²) in [5.41, 5.74) is 2.53. The Labute approximate surface area is 169 Å². The molecule has 0 N–H and O–H groups in total. The molecule has 0 saturated heterocycles. The molecular formula is C22H23N2O5-. The monoisotopic (exact) mass is 395 g/mol. The molecule has 0 aromatic heterocycles. The molecule has 1 atom stereocenters. The summed E-state index contributed by atoms with van der Waals surface area (Å²) in [4.78, 5) is 23.5. The predicted octanol–water partition coefficient (Wildman–Crippen LogP) is 2.30. The number of hydrazone groups is 1. The maximum atomic E-state index is 12.8. The number of hydrogen-bond acceptors (Lipinski definition) is 6. The van der Waals surface area contributed by atoms with Crippen LogP contribution in [0.2, 0.25) is 0 Å². The number of carbonyl (C=O) groups excluding carboxylic acids is 2. The van der Waals surface area contributed by atoms with Crippen molar-refractivity contribution in [2.24, 2.45) is 5.10 Å². The van der Waals surface area contributed by atoms with E-state index in [2.05, 4.69) is 5.10 Å². The lowest BCUT2D eigenvalue weighted by molar-refractivity contribution is -0.305. The summed E-state index contributed by atoms with van der Waals surface area (Å²) in [5.74, 6) is 0.0219. The van der Waals surface area contributed by atoms with E-state index in [4.69, 9.17) is 9.47 Å². The molecule has 1 aliphatic rings. The summed E-state index contributed by atoms with van der Waals surface area (Å²) in [6.45, 7) is 0. The number of benzene rings is 2. The van der Waals surface area contributed by atoms with Crippen LogP contribution < -0.4 is 14.6 Å². The van der Waals surface area contributed by atoms with Gasteiger partial charge in [0.2, 0.25) is 5.91 Å². The Kier molecular flexibility index (Phi) is 6.49. The SMILES string of the molecule is COc1ccc(C2=NN(C(=O)CCCC(=O)[O-])[C@H](c3ccccc3OC)C2)cc1. The van der Waals surface area contributed by atoms with E-state index < -0.39 is 5.97 Å². The van der Waals surface area contributed by atoms with Crippen LogP contribution in [-0.4, -0.2) is 36.8 Å². The van der Waals surface area contributed by atoms with Gasteiger partial charge in [-0.25, -0.2) is 5.01 Å². The second-order valence-electron chi connectivity index (χ2n) is 6.70. The molecule has 1 amide bonds. The van der Waals surface area contributed by atoms with Gasteiger partial charge in [-0.15, -0.1) is 0 Å². The largest absolute Gasteiger partial charge is 0.550 e. The third-order valence-corrected chi connectivity index (χ3v) is 4.86. The molecule has 0 fully saturated rings. The molecule has 0 bridgehead atoms. The summed E-state index contributed by atoms with van der Waals surface area (Å²) < 4.78 is 10.7. The first-order valence-corrected chi connectivity index (χ1v) is 9.40. The molecule has 3 rings (SSSR count). The van der Waals surface area contributed by atoms with Gasteiger partial charge in [-0.1, -0.05) is 18.2 Å². The Hall–Kier alpha value is -3.35. The van der Waals surface area contributed by atoms with Gasteiger partial charge in [-0.3, -0.25) is 4.79 Å². The van der Waals surface area contributed by atoms with Crippen molar-refractivity contribution in [2.75, 3.05) is 14.2 Å². The maximum absolute atomic E-state index is 12.8. The van der Waals surface area contributed by atoms with E-state index in [1.54, 1.807) is 14.2 Å². The van der Waals surface area contributed by atoms with Crippen molar-refractivity contribution < 1.29 is 24.2 Å². The van der Waals surface area contributed by atoms with Gasteiger partial charge >= 0.3 is 0 Å². The van der Waals surface area contributed by atoms with Crippen LogP contribution in [0, 0.1) is 0 Å². The normalized spacial score (nSPS) is 15.7. The van der Waals surface area contributed by atoms with Crippen LogP contribution in [0.25, 0.3) is 0 Å². The van der Waals surface area contributed by atoms with Crippen LogP contribution in [-0.2, 0) is 9.59 Å². The van der Waals surface area contributed by atoms with E-state index in [9.17, 15) is 14.7 Å². The second kappa shape index (κ2) is 9.23. The van der Waals surface area contributed by atoms with Gasteiger partial charge in [0.1, 0.15) is 11.5 Å². The molecular weight excluding hydrogens is 372 g/mol. The minimum atomic E-state index is -1.16.